The molecule has 0 spiro atoms. The zero-order valence-corrected chi connectivity index (χ0v) is 27.8. The Morgan fingerprint density at radius 3 is 2.02 bits per heavy atom. The molecule has 11 heteroatoms. The van der Waals surface area contributed by atoms with Crippen LogP contribution in [0.3, 0.4) is 0 Å². The molecular formula is C35H43ClO10. The van der Waals surface area contributed by atoms with E-state index >= 15 is 0 Å². The highest BCUT2D eigenvalue weighted by Crippen LogP contribution is 2.42. The molecule has 2 fully saturated rings. The van der Waals surface area contributed by atoms with Crippen LogP contribution >= 0.6 is 11.6 Å². The molecule has 1 heterocycles. The average Bonchev–Trinajstić information content (AvgIpc) is 3.48. The summed E-state index contributed by atoms with van der Waals surface area (Å²) in [7, 11) is 0. The molecule has 2 aliphatic rings. The van der Waals surface area contributed by atoms with Crippen molar-refractivity contribution in [3.63, 3.8) is 0 Å². The lowest BCUT2D eigenvalue weighted by Crippen LogP contribution is -2.59. The number of carbonyl (C=O) groups excluding carboxylic acids is 4. The van der Waals surface area contributed by atoms with Crippen LogP contribution < -0.4 is 4.74 Å². The minimum Gasteiger partial charge on any atom is -0.493 e. The predicted octanol–water partition coefficient (Wildman–Crippen LogP) is 6.08. The second-order valence-corrected chi connectivity index (χ2v) is 12.5. The fourth-order valence-electron chi connectivity index (χ4n) is 6.29. The number of rotatable bonds is 12. The molecule has 10 nitrogen and oxygen atoms in total. The maximum Gasteiger partial charge on any atom is 0.303 e. The quantitative estimate of drug-likeness (QED) is 0.196. The van der Waals surface area contributed by atoms with Crippen LogP contribution in [0.15, 0.2) is 42.5 Å². The first-order valence-electron chi connectivity index (χ1n) is 15.7. The van der Waals surface area contributed by atoms with Crippen LogP contribution in [0.25, 0.3) is 0 Å². The summed E-state index contributed by atoms with van der Waals surface area (Å²) in [5.74, 6) is -1.80. The fourth-order valence-corrected chi connectivity index (χ4v) is 6.47. The second-order valence-electron chi connectivity index (χ2n) is 12.1. The topological polar surface area (TPSA) is 124 Å². The molecular weight excluding hydrogens is 616 g/mol. The van der Waals surface area contributed by atoms with Crippen LogP contribution in [0.1, 0.15) is 89.5 Å². The first kappa shape index (κ1) is 35.2. The molecule has 1 saturated carbocycles. The molecule has 46 heavy (non-hydrogen) atoms. The number of halogens is 1. The third-order valence-corrected chi connectivity index (χ3v) is 9.04. The normalized spacial score (nSPS) is 23.7. The Morgan fingerprint density at radius 1 is 0.826 bits per heavy atom. The summed E-state index contributed by atoms with van der Waals surface area (Å²) in [4.78, 5) is 48.2. The van der Waals surface area contributed by atoms with E-state index in [-0.39, 0.29) is 12.0 Å². The number of carbonyl (C=O) groups is 4. The molecule has 4 rings (SSSR count). The van der Waals surface area contributed by atoms with Crippen molar-refractivity contribution in [1.29, 1.82) is 0 Å². The smallest absolute Gasteiger partial charge is 0.303 e. The molecule has 0 radical (unpaired) electrons. The van der Waals surface area contributed by atoms with Gasteiger partial charge in [0.05, 0.1) is 6.61 Å². The predicted molar refractivity (Wildman–Crippen MR) is 168 cm³/mol. The van der Waals surface area contributed by atoms with Crippen molar-refractivity contribution in [2.75, 3.05) is 13.2 Å². The molecule has 5 atom stereocenters. The highest BCUT2D eigenvalue weighted by molar-refractivity contribution is 6.31. The maximum absolute atomic E-state index is 12.3. The molecule has 2 aromatic carbocycles. The summed E-state index contributed by atoms with van der Waals surface area (Å²) >= 11 is 6.65. The highest BCUT2D eigenvalue weighted by atomic mass is 35.5. The van der Waals surface area contributed by atoms with Gasteiger partial charge in [0.25, 0.3) is 0 Å². The number of esters is 4. The Balaban J connectivity index is 1.60. The third kappa shape index (κ3) is 9.22. The lowest BCUT2D eigenvalue weighted by molar-refractivity contribution is -0.254. The van der Waals surface area contributed by atoms with Gasteiger partial charge in [-0.3, -0.25) is 19.2 Å². The molecule has 2 aromatic rings. The number of benzene rings is 2. The number of hydrogen-bond donors (Lipinski definition) is 0. The Hall–Kier alpha value is -3.63. The zero-order chi connectivity index (χ0) is 33.4. The molecule has 0 aromatic heterocycles. The van der Waals surface area contributed by atoms with Crippen LogP contribution in [0.5, 0.6) is 5.75 Å². The van der Waals surface area contributed by atoms with Crippen molar-refractivity contribution >= 4 is 35.5 Å². The minimum atomic E-state index is -1.26. The summed E-state index contributed by atoms with van der Waals surface area (Å²) in [6, 6.07) is 13.2. The molecule has 0 N–H and O–H groups in total. The van der Waals surface area contributed by atoms with Crippen molar-refractivity contribution in [1.82, 2.24) is 0 Å². The fraction of sp³-hybridized carbons (Fsp3) is 0.543. The van der Waals surface area contributed by atoms with Crippen molar-refractivity contribution < 1.29 is 47.6 Å². The average molecular weight is 659 g/mol. The van der Waals surface area contributed by atoms with Crippen LogP contribution in [-0.2, 0) is 49.3 Å². The van der Waals surface area contributed by atoms with Gasteiger partial charge >= 0.3 is 23.9 Å². The third-order valence-electron chi connectivity index (χ3n) is 8.67. The summed E-state index contributed by atoms with van der Waals surface area (Å²) in [6.07, 6.45) is 0.799. The van der Waals surface area contributed by atoms with Gasteiger partial charge in [-0.2, -0.15) is 0 Å². The van der Waals surface area contributed by atoms with E-state index in [0.29, 0.717) is 23.6 Å². The van der Waals surface area contributed by atoms with Gasteiger partial charge in [0.15, 0.2) is 18.3 Å². The van der Waals surface area contributed by atoms with Gasteiger partial charge in [-0.25, -0.2) is 0 Å². The van der Waals surface area contributed by atoms with Crippen LogP contribution in [0.2, 0.25) is 5.02 Å². The van der Waals surface area contributed by atoms with Crippen LogP contribution in [0, 0.1) is 5.41 Å². The van der Waals surface area contributed by atoms with Gasteiger partial charge in [-0.1, -0.05) is 55.6 Å². The summed E-state index contributed by atoms with van der Waals surface area (Å²) < 4.78 is 34.4. The monoisotopic (exact) mass is 658 g/mol. The summed E-state index contributed by atoms with van der Waals surface area (Å²) in [6.45, 7) is 7.46. The Kier molecular flexibility index (Phi) is 12.1. The minimum absolute atomic E-state index is 0.266. The molecule has 0 bridgehead atoms. The van der Waals surface area contributed by atoms with Gasteiger partial charge in [-0.05, 0) is 60.6 Å². The van der Waals surface area contributed by atoms with Crippen molar-refractivity contribution in [3.05, 3.63) is 64.2 Å². The van der Waals surface area contributed by atoms with E-state index < -0.39 is 54.4 Å². The van der Waals surface area contributed by atoms with Crippen LogP contribution in [-0.4, -0.2) is 61.5 Å². The lowest BCUT2D eigenvalue weighted by Gasteiger charge is -2.44. The second kappa shape index (κ2) is 15.8. The van der Waals surface area contributed by atoms with Gasteiger partial charge < -0.3 is 28.4 Å². The van der Waals surface area contributed by atoms with E-state index in [1.54, 1.807) is 12.1 Å². The van der Waals surface area contributed by atoms with E-state index in [9.17, 15) is 19.2 Å². The Bertz CT molecular complexity index is 1380. The van der Waals surface area contributed by atoms with Crippen molar-refractivity contribution in [3.8, 4) is 5.75 Å². The van der Waals surface area contributed by atoms with Gasteiger partial charge in [0, 0.05) is 38.1 Å². The molecule has 1 unspecified atom stereocenters. The number of hydrogen-bond acceptors (Lipinski definition) is 10. The molecule has 0 amide bonds. The molecule has 1 saturated heterocycles. The Morgan fingerprint density at radius 2 is 1.43 bits per heavy atom. The van der Waals surface area contributed by atoms with Crippen molar-refractivity contribution in [2.24, 2.45) is 5.41 Å². The number of ether oxygens (including phenoxy) is 6. The van der Waals surface area contributed by atoms with E-state index in [4.69, 9.17) is 40.0 Å². The van der Waals surface area contributed by atoms with E-state index in [0.717, 1.165) is 23.3 Å². The van der Waals surface area contributed by atoms with Crippen LogP contribution in [0.4, 0.5) is 0 Å². The zero-order valence-electron chi connectivity index (χ0n) is 27.0. The molecule has 250 valence electrons. The van der Waals surface area contributed by atoms with Gasteiger partial charge in [-0.15, -0.1) is 0 Å². The Labute approximate surface area is 275 Å². The maximum atomic E-state index is 12.3. The molecule has 1 aliphatic heterocycles. The van der Waals surface area contributed by atoms with Gasteiger partial charge in [0.2, 0.25) is 0 Å². The molecule has 1 aliphatic carbocycles. The SMILES string of the molecule is CCC1(COc2ccc(Cc3cc(C4O[C@H](COC(C)=O)[C@@H](OC(C)=O)[C@H](OC(C)=O)[C@H]4OC(C)=O)ccc3Cl)cc2)CCCC1. The summed E-state index contributed by atoms with van der Waals surface area (Å²) in [5, 5.41) is 0.515. The first-order chi connectivity index (χ1) is 21.9. The summed E-state index contributed by atoms with van der Waals surface area (Å²) in [5.41, 5.74) is 2.61. The van der Waals surface area contributed by atoms with E-state index in [2.05, 4.69) is 6.92 Å². The standard InChI is InChI=1S/C35H43ClO10/c1-6-35(15-7-8-16-35)20-42-28-12-9-25(10-13-28)17-27-18-26(11-14-29(27)36)31-33(44-23(4)39)34(45-24(5)40)32(43-22(3)38)30(46-31)19-41-21(2)37/h9-14,18,30-34H,6-8,15-17,19-20H2,1-5H3/t30-,31?,32-,33+,34+/m1/s1. The first-order valence-corrected chi connectivity index (χ1v) is 16.1. The van der Waals surface area contributed by atoms with Gasteiger partial charge in [0.1, 0.15) is 24.6 Å². The van der Waals surface area contributed by atoms with E-state index in [1.807, 2.05) is 30.3 Å². The largest absolute Gasteiger partial charge is 0.493 e. The highest BCUT2D eigenvalue weighted by Gasteiger charge is 2.52. The lowest BCUT2D eigenvalue weighted by atomic mass is 9.84. The van der Waals surface area contributed by atoms with E-state index in [1.165, 1.54) is 53.4 Å². The van der Waals surface area contributed by atoms with Crippen molar-refractivity contribution in [2.45, 2.75) is 104 Å².